The Kier molecular flexibility index (Phi) is 3.89. The van der Waals surface area contributed by atoms with Crippen LogP contribution in [0.15, 0.2) is 53.6 Å². The van der Waals surface area contributed by atoms with E-state index < -0.39 is 5.82 Å². The number of ether oxygens (including phenoxy) is 1. The predicted molar refractivity (Wildman–Crippen MR) is 103 cm³/mol. The molecular weight excluding hydrogens is 359 g/mol. The van der Waals surface area contributed by atoms with Gasteiger partial charge in [-0.3, -0.25) is 14.3 Å². The van der Waals surface area contributed by atoms with Crippen LogP contribution in [-0.2, 0) is 7.05 Å². The number of nitrogens with zero attached hydrogens (tertiary/aromatic N) is 4. The summed E-state index contributed by atoms with van der Waals surface area (Å²) in [6.07, 6.45) is 2.63. The van der Waals surface area contributed by atoms with E-state index in [-0.39, 0.29) is 11.1 Å². The van der Waals surface area contributed by atoms with E-state index in [2.05, 4.69) is 20.9 Å². The third kappa shape index (κ3) is 2.66. The Morgan fingerprint density at radius 2 is 2.07 bits per heavy atom. The van der Waals surface area contributed by atoms with Crippen molar-refractivity contribution in [2.45, 2.75) is 5.92 Å². The summed E-state index contributed by atoms with van der Waals surface area (Å²) in [7, 11) is 1.70. The molecule has 0 bridgehead atoms. The molecule has 0 aliphatic carbocycles. The van der Waals surface area contributed by atoms with E-state index in [0.717, 1.165) is 25.0 Å². The first-order valence-corrected chi connectivity index (χ1v) is 9.26. The number of hydrogen-bond acceptors (Lipinski definition) is 5. The molecule has 28 heavy (non-hydrogen) atoms. The van der Waals surface area contributed by atoms with E-state index in [1.165, 1.54) is 28.5 Å². The molecule has 1 fully saturated rings. The van der Waals surface area contributed by atoms with Crippen molar-refractivity contribution in [2.75, 3.05) is 24.6 Å². The molecule has 2 aliphatic rings. The van der Waals surface area contributed by atoms with Crippen molar-refractivity contribution >= 4 is 5.95 Å². The van der Waals surface area contributed by atoms with Crippen LogP contribution >= 0.6 is 0 Å². The molecule has 2 aromatic heterocycles. The molecule has 0 N–H and O–H groups in total. The van der Waals surface area contributed by atoms with Gasteiger partial charge in [-0.15, -0.1) is 0 Å². The molecule has 2 aliphatic heterocycles. The van der Waals surface area contributed by atoms with Crippen molar-refractivity contribution in [2.24, 2.45) is 13.0 Å². The van der Waals surface area contributed by atoms with Crippen LogP contribution in [0, 0.1) is 11.7 Å². The van der Waals surface area contributed by atoms with E-state index in [9.17, 15) is 9.18 Å². The van der Waals surface area contributed by atoms with Crippen LogP contribution in [0.4, 0.5) is 10.3 Å². The first kappa shape index (κ1) is 16.9. The largest absolute Gasteiger partial charge is 0.493 e. The Morgan fingerprint density at radius 3 is 2.93 bits per heavy atom. The van der Waals surface area contributed by atoms with Gasteiger partial charge in [0.15, 0.2) is 5.82 Å². The lowest BCUT2D eigenvalue weighted by molar-refractivity contribution is 0.220. The number of aromatic nitrogens is 3. The second-order valence-corrected chi connectivity index (χ2v) is 7.31. The molecule has 2 unspecified atom stereocenters. The highest BCUT2D eigenvalue weighted by molar-refractivity contribution is 5.60. The van der Waals surface area contributed by atoms with E-state index >= 15 is 0 Å². The first-order chi connectivity index (χ1) is 13.6. The highest BCUT2D eigenvalue weighted by Crippen LogP contribution is 2.42. The number of benzene rings is 1. The minimum atomic E-state index is -0.494. The van der Waals surface area contributed by atoms with Gasteiger partial charge in [0.25, 0.3) is 5.56 Å². The fourth-order valence-corrected chi connectivity index (χ4v) is 4.20. The second kappa shape index (κ2) is 6.44. The second-order valence-electron chi connectivity index (χ2n) is 7.31. The highest BCUT2D eigenvalue weighted by atomic mass is 19.1. The van der Waals surface area contributed by atoms with Gasteiger partial charge in [-0.2, -0.15) is 0 Å². The van der Waals surface area contributed by atoms with E-state index in [1.54, 1.807) is 7.05 Å². The maximum atomic E-state index is 14.2. The summed E-state index contributed by atoms with van der Waals surface area (Å²) in [5.74, 6) is 1.63. The molecule has 7 heteroatoms. The number of para-hydroxylation sites is 1. The number of pyridine rings is 1. The summed E-state index contributed by atoms with van der Waals surface area (Å²) >= 11 is 0. The van der Waals surface area contributed by atoms with Gasteiger partial charge in [-0.1, -0.05) is 18.2 Å². The number of anilines is 1. The lowest BCUT2D eigenvalue weighted by Crippen LogP contribution is -2.30. The molecule has 5 rings (SSSR count). The van der Waals surface area contributed by atoms with E-state index in [4.69, 9.17) is 4.74 Å². The molecule has 1 saturated heterocycles. The standard InChI is InChI=1S/C21H19FN4O2/c1-25-20(27)8-18(15-6-7-23-9-17(15)22)24-21(25)26-10-13-12-28-19-5-3-2-4-14(19)16(13)11-26/h2-9,13,16H,10-12H2,1H3. The monoisotopic (exact) mass is 378 g/mol. The third-order valence-corrected chi connectivity index (χ3v) is 5.65. The van der Waals surface area contributed by atoms with Gasteiger partial charge in [0, 0.05) is 49.8 Å². The average Bonchev–Trinajstić information content (AvgIpc) is 3.15. The lowest BCUT2D eigenvalue weighted by atomic mass is 9.87. The Hall–Kier alpha value is -3.22. The van der Waals surface area contributed by atoms with Crippen LogP contribution in [0.1, 0.15) is 11.5 Å². The minimum absolute atomic E-state index is 0.220. The van der Waals surface area contributed by atoms with Crippen molar-refractivity contribution in [3.63, 3.8) is 0 Å². The summed E-state index contributed by atoms with van der Waals surface area (Å²) in [5.41, 5.74) is 1.58. The quantitative estimate of drug-likeness (QED) is 0.686. The fraction of sp³-hybridized carbons (Fsp3) is 0.286. The van der Waals surface area contributed by atoms with Crippen LogP contribution in [0.2, 0.25) is 0 Å². The Morgan fingerprint density at radius 1 is 1.21 bits per heavy atom. The third-order valence-electron chi connectivity index (χ3n) is 5.65. The van der Waals surface area contributed by atoms with Crippen molar-refractivity contribution in [1.82, 2.24) is 14.5 Å². The van der Waals surface area contributed by atoms with Gasteiger partial charge < -0.3 is 9.64 Å². The smallest absolute Gasteiger partial charge is 0.255 e. The minimum Gasteiger partial charge on any atom is -0.493 e. The zero-order valence-corrected chi connectivity index (χ0v) is 15.4. The van der Waals surface area contributed by atoms with Gasteiger partial charge in [0.1, 0.15) is 5.75 Å². The molecular formula is C21H19FN4O2. The van der Waals surface area contributed by atoms with Crippen molar-refractivity contribution in [3.05, 3.63) is 70.5 Å². The molecule has 6 nitrogen and oxygen atoms in total. The van der Waals surface area contributed by atoms with Gasteiger partial charge in [-0.05, 0) is 17.7 Å². The molecule has 1 aromatic carbocycles. The fourth-order valence-electron chi connectivity index (χ4n) is 4.20. The van der Waals surface area contributed by atoms with Crippen molar-refractivity contribution in [1.29, 1.82) is 0 Å². The first-order valence-electron chi connectivity index (χ1n) is 9.26. The Bertz CT molecular complexity index is 1110. The number of fused-ring (bicyclic) bond motifs is 3. The molecule has 0 spiro atoms. The molecule has 4 heterocycles. The molecule has 3 aromatic rings. The maximum Gasteiger partial charge on any atom is 0.255 e. The SMILES string of the molecule is Cn1c(N2CC3COc4ccccc4C3C2)nc(-c2ccncc2F)cc1=O. The summed E-state index contributed by atoms with van der Waals surface area (Å²) in [6, 6.07) is 11.0. The van der Waals surface area contributed by atoms with Gasteiger partial charge in [-0.25, -0.2) is 9.37 Å². The summed E-state index contributed by atoms with van der Waals surface area (Å²) in [4.78, 5) is 23.1. The zero-order valence-electron chi connectivity index (χ0n) is 15.4. The Labute approximate surface area is 161 Å². The lowest BCUT2D eigenvalue weighted by Gasteiger charge is -2.27. The normalized spacial score (nSPS) is 20.4. The maximum absolute atomic E-state index is 14.2. The number of halogens is 1. The molecule has 0 saturated carbocycles. The molecule has 2 atom stereocenters. The summed E-state index contributed by atoms with van der Waals surface area (Å²) in [6.45, 7) is 2.12. The summed E-state index contributed by atoms with van der Waals surface area (Å²) < 4.78 is 21.6. The highest BCUT2D eigenvalue weighted by Gasteiger charge is 2.39. The average molecular weight is 378 g/mol. The van der Waals surface area contributed by atoms with Crippen molar-refractivity contribution < 1.29 is 9.13 Å². The van der Waals surface area contributed by atoms with Gasteiger partial charge in [0.2, 0.25) is 5.95 Å². The summed E-state index contributed by atoms with van der Waals surface area (Å²) in [5, 5.41) is 0. The van der Waals surface area contributed by atoms with E-state index in [1.807, 2.05) is 18.2 Å². The van der Waals surface area contributed by atoms with Crippen molar-refractivity contribution in [3.8, 4) is 17.0 Å². The predicted octanol–water partition coefficient (Wildman–Crippen LogP) is 2.59. The topological polar surface area (TPSA) is 60.2 Å². The van der Waals surface area contributed by atoms with E-state index in [0.29, 0.717) is 30.1 Å². The number of rotatable bonds is 2. The van der Waals surface area contributed by atoms with Crippen LogP contribution < -0.4 is 15.2 Å². The van der Waals surface area contributed by atoms with Crippen LogP contribution in [0.25, 0.3) is 11.3 Å². The number of hydrogen-bond donors (Lipinski definition) is 0. The van der Waals surface area contributed by atoms with Gasteiger partial charge >= 0.3 is 0 Å². The molecule has 0 radical (unpaired) electrons. The van der Waals surface area contributed by atoms with Gasteiger partial charge in [0.05, 0.1) is 18.5 Å². The zero-order chi connectivity index (χ0) is 19.3. The van der Waals surface area contributed by atoms with Crippen LogP contribution in [0.5, 0.6) is 5.75 Å². The van der Waals surface area contributed by atoms with Crippen LogP contribution in [0.3, 0.4) is 0 Å². The molecule has 142 valence electrons. The van der Waals surface area contributed by atoms with Crippen LogP contribution in [-0.4, -0.2) is 34.2 Å². The molecule has 0 amide bonds. The Balaban J connectivity index is 1.54.